The molecule has 2 N–H and O–H groups in total. The number of rotatable bonds is 8. The van der Waals surface area contributed by atoms with Crippen LogP contribution in [0, 0.1) is 5.92 Å². The smallest absolute Gasteiger partial charge is 0.248 e. The zero-order valence-corrected chi connectivity index (χ0v) is 20.7. The lowest BCUT2D eigenvalue weighted by atomic mass is 9.93. The second kappa shape index (κ2) is 13.6. The Balaban J connectivity index is 0.000000662. The van der Waals surface area contributed by atoms with Crippen molar-refractivity contribution in [3.05, 3.63) is 25.3 Å². The van der Waals surface area contributed by atoms with E-state index >= 15 is 0 Å². The van der Waals surface area contributed by atoms with Crippen LogP contribution in [0.2, 0.25) is 0 Å². The lowest BCUT2D eigenvalue weighted by molar-refractivity contribution is -0.576. The van der Waals surface area contributed by atoms with Crippen LogP contribution >= 0.6 is 0 Å². The Morgan fingerprint density at radius 2 is 1.22 bits per heavy atom. The van der Waals surface area contributed by atoms with E-state index in [4.69, 9.17) is 0 Å². The molecule has 0 saturated heterocycles. The van der Waals surface area contributed by atoms with Crippen molar-refractivity contribution < 1.29 is 43.5 Å². The Kier molecular flexibility index (Phi) is 12.9. The molecule has 2 aliphatic rings. The molecule has 0 radical (unpaired) electrons. The van der Waals surface area contributed by atoms with Crippen molar-refractivity contribution in [2.45, 2.75) is 31.8 Å². The third-order valence-corrected chi connectivity index (χ3v) is 5.99. The van der Waals surface area contributed by atoms with Crippen molar-refractivity contribution in [2.75, 3.05) is 41.4 Å². The van der Waals surface area contributed by atoms with Gasteiger partial charge in [-0.1, -0.05) is 19.1 Å². The summed E-state index contributed by atoms with van der Waals surface area (Å²) in [6.07, 6.45) is 5.77. The van der Waals surface area contributed by atoms with Crippen LogP contribution in [0.25, 0.3) is 0 Å². The van der Waals surface area contributed by atoms with Gasteiger partial charge in [-0.3, -0.25) is 28.2 Å². The Morgan fingerprint density at radius 1 is 0.938 bits per heavy atom. The normalized spacial score (nSPS) is 21.5. The van der Waals surface area contributed by atoms with Gasteiger partial charge in [0.15, 0.2) is 0 Å². The molecule has 0 spiro atoms. The number of amidine groups is 2. The van der Waals surface area contributed by atoms with Gasteiger partial charge in [0.1, 0.15) is 25.2 Å². The van der Waals surface area contributed by atoms with E-state index in [1.165, 1.54) is 11.7 Å². The maximum atomic E-state index is 9.22. The highest BCUT2D eigenvalue weighted by Crippen LogP contribution is 2.19. The zero-order chi connectivity index (χ0) is 25.1. The Bertz CT molecular complexity index is 839. The van der Waals surface area contributed by atoms with Crippen LogP contribution in [-0.2, 0) is 29.2 Å². The highest BCUT2D eigenvalue weighted by molar-refractivity contribution is 7.81. The third-order valence-electron chi connectivity index (χ3n) is 5.17. The first-order valence-corrected chi connectivity index (χ1v) is 12.3. The number of nitrogens with zero attached hydrogens (tertiary/aromatic N) is 2. The van der Waals surface area contributed by atoms with E-state index in [9.17, 15) is 25.9 Å². The minimum atomic E-state index is -4.41. The van der Waals surface area contributed by atoms with Crippen molar-refractivity contribution in [1.29, 1.82) is 0 Å². The first-order valence-electron chi connectivity index (χ1n) is 9.62. The van der Waals surface area contributed by atoms with Crippen LogP contribution in [0.4, 0.5) is 0 Å². The van der Waals surface area contributed by atoms with Crippen LogP contribution in [0.15, 0.2) is 25.3 Å². The van der Waals surface area contributed by atoms with Gasteiger partial charge in [-0.2, -0.15) is 0 Å². The Hall–Kier alpha value is -1.84. The molecule has 0 amide bonds. The monoisotopic (exact) mass is 498 g/mol. The van der Waals surface area contributed by atoms with Crippen LogP contribution in [-0.4, -0.2) is 100 Å². The molecule has 12 nitrogen and oxygen atoms in total. The molecular weight excluding hydrogens is 464 g/mol. The van der Waals surface area contributed by atoms with E-state index in [0.29, 0.717) is 18.0 Å². The third kappa shape index (κ3) is 10.7. The number of hydrogen-bond acceptors (Lipinski definition) is 10. The van der Waals surface area contributed by atoms with Gasteiger partial charge in [-0.05, 0) is 0 Å². The van der Waals surface area contributed by atoms with Gasteiger partial charge in [0.2, 0.25) is 32.5 Å². The van der Waals surface area contributed by atoms with Crippen LogP contribution in [0.1, 0.15) is 19.8 Å². The molecule has 2 atom stereocenters. The molecule has 2 heterocycles. The van der Waals surface area contributed by atoms with Crippen LogP contribution < -0.4 is 10.6 Å². The van der Waals surface area contributed by atoms with E-state index in [1.54, 1.807) is 0 Å². The van der Waals surface area contributed by atoms with Crippen molar-refractivity contribution in [3.8, 4) is 0 Å². The average Bonchev–Trinajstić information content (AvgIpc) is 3.25. The zero-order valence-electron chi connectivity index (χ0n) is 19.1. The van der Waals surface area contributed by atoms with E-state index in [-0.39, 0.29) is 0 Å². The predicted molar refractivity (Wildman–Crippen MR) is 118 cm³/mol. The van der Waals surface area contributed by atoms with Gasteiger partial charge in [0, 0.05) is 5.92 Å². The average molecular weight is 499 g/mol. The molecule has 32 heavy (non-hydrogen) atoms. The highest BCUT2D eigenvalue weighted by atomic mass is 32.3. The molecule has 0 aromatic carbocycles. The summed E-state index contributed by atoms with van der Waals surface area (Å²) in [5, 5.41) is 7.04. The van der Waals surface area contributed by atoms with Gasteiger partial charge in [0.25, 0.3) is 0 Å². The summed E-state index contributed by atoms with van der Waals surface area (Å²) in [6, 6.07) is 1.09. The quantitative estimate of drug-likeness (QED) is 0.183. The van der Waals surface area contributed by atoms with E-state index in [1.807, 2.05) is 12.2 Å². The standard InChI is InChI=1S/C16H26N4.2CH4O4S/c1-6-8-15-17-10-13(19(15)4)12(3)14-11-18-16(9-7-2)20(14)5;2*1-5-6(2,3)4/h6-7,12-14H,1-2,8-11H2,3-5H3;2*1H3,(H,2,3,4). The second-order valence-corrected chi connectivity index (χ2v) is 9.31. The largest absolute Gasteiger partial charge is 0.726 e. The van der Waals surface area contributed by atoms with Crippen molar-refractivity contribution in [2.24, 2.45) is 5.92 Å². The number of hydrogen-bond donors (Lipinski definition) is 2. The minimum absolute atomic E-state index is 0.544. The molecule has 186 valence electrons. The van der Waals surface area contributed by atoms with Gasteiger partial charge < -0.3 is 9.11 Å². The van der Waals surface area contributed by atoms with Crippen molar-refractivity contribution in [1.82, 2.24) is 10.6 Å². The molecule has 2 rings (SSSR count). The summed E-state index contributed by atoms with van der Waals surface area (Å²) in [5.41, 5.74) is 0. The maximum absolute atomic E-state index is 9.22. The highest BCUT2D eigenvalue weighted by Gasteiger charge is 2.42. The van der Waals surface area contributed by atoms with E-state index in [2.05, 4.69) is 62.3 Å². The van der Waals surface area contributed by atoms with E-state index < -0.39 is 20.8 Å². The van der Waals surface area contributed by atoms with Crippen LogP contribution in [0.3, 0.4) is 0 Å². The molecule has 0 aromatic rings. The SMILES string of the molecule is C=CCC1=[N+](C)C(C(C)C2CNC(CC=C)=[N+]2C)CN1.COS(=O)(=O)[O-].COS(=O)(=O)[O-]. The predicted octanol–water partition coefficient (Wildman–Crippen LogP) is -1.01. The number of likely N-dealkylation sites (N-methyl/N-ethyl adjacent to an activating group) is 2. The summed E-state index contributed by atoms with van der Waals surface area (Å²) in [5.74, 6) is 3.18. The minimum Gasteiger partial charge on any atom is -0.726 e. The summed E-state index contributed by atoms with van der Waals surface area (Å²) >= 11 is 0. The van der Waals surface area contributed by atoms with Crippen molar-refractivity contribution >= 4 is 32.5 Å². The molecule has 0 saturated carbocycles. The topological polar surface area (TPSA) is 163 Å². The molecule has 2 unspecified atom stereocenters. The van der Waals surface area contributed by atoms with Crippen molar-refractivity contribution in [3.63, 3.8) is 0 Å². The molecule has 2 aliphatic heterocycles. The second-order valence-electron chi connectivity index (χ2n) is 7.01. The number of nitrogens with one attached hydrogen (secondary N) is 2. The van der Waals surface area contributed by atoms with Gasteiger partial charge >= 0.3 is 0 Å². The van der Waals surface area contributed by atoms with Gasteiger partial charge in [0.05, 0.1) is 41.2 Å². The lowest BCUT2D eigenvalue weighted by Crippen LogP contribution is -2.42. The molecular formula is C18H34N4O8S2. The lowest BCUT2D eigenvalue weighted by Gasteiger charge is -2.22. The first kappa shape index (κ1) is 30.2. The fourth-order valence-electron chi connectivity index (χ4n) is 3.41. The van der Waals surface area contributed by atoms with Crippen LogP contribution in [0.5, 0.6) is 0 Å². The fraction of sp³-hybridized carbons (Fsp3) is 0.667. The summed E-state index contributed by atoms with van der Waals surface area (Å²) in [7, 11) is -2.83. The molecule has 0 fully saturated rings. The van der Waals surface area contributed by atoms with Gasteiger partial charge in [-0.15, -0.1) is 13.2 Å². The maximum Gasteiger partial charge on any atom is 0.248 e. The van der Waals surface area contributed by atoms with E-state index in [0.717, 1.165) is 40.2 Å². The first-order chi connectivity index (χ1) is 14.7. The van der Waals surface area contributed by atoms with Gasteiger partial charge in [-0.25, -0.2) is 16.8 Å². The summed E-state index contributed by atoms with van der Waals surface area (Å²) < 4.78 is 66.8. The molecule has 0 aromatic heterocycles. The fourth-order valence-corrected chi connectivity index (χ4v) is 3.41. The Labute approximate surface area is 191 Å². The summed E-state index contributed by atoms with van der Waals surface area (Å²) in [6.45, 7) is 12.1. The summed E-state index contributed by atoms with van der Waals surface area (Å²) in [4.78, 5) is 0. The molecule has 0 bridgehead atoms. The molecule has 0 aliphatic carbocycles. The molecule has 14 heteroatoms. The Morgan fingerprint density at radius 3 is 1.44 bits per heavy atom.